The molecule has 1 atom stereocenters. The molecule has 1 saturated heterocycles. The monoisotopic (exact) mass is 349 g/mol. The van der Waals surface area contributed by atoms with Gasteiger partial charge in [-0.25, -0.2) is 0 Å². The van der Waals surface area contributed by atoms with Gasteiger partial charge in [0, 0.05) is 25.3 Å². The molecular formula is C19H31N3O3. The van der Waals surface area contributed by atoms with Gasteiger partial charge in [-0.2, -0.15) is 0 Å². The van der Waals surface area contributed by atoms with Crippen molar-refractivity contribution in [1.29, 1.82) is 0 Å². The molecule has 1 fully saturated rings. The van der Waals surface area contributed by atoms with Crippen LogP contribution in [0.4, 0.5) is 0 Å². The first-order valence-electron chi connectivity index (χ1n) is 9.02. The van der Waals surface area contributed by atoms with E-state index in [4.69, 9.17) is 14.2 Å². The highest BCUT2D eigenvalue weighted by atomic mass is 16.5. The molecular weight excluding hydrogens is 318 g/mol. The zero-order valence-electron chi connectivity index (χ0n) is 15.6. The van der Waals surface area contributed by atoms with Crippen molar-refractivity contribution in [3.05, 3.63) is 29.8 Å². The van der Waals surface area contributed by atoms with Crippen molar-refractivity contribution in [2.24, 2.45) is 4.99 Å². The molecule has 2 rings (SSSR count). The average molecular weight is 349 g/mol. The Morgan fingerprint density at radius 3 is 2.88 bits per heavy atom. The second kappa shape index (κ2) is 10.3. The molecule has 0 aromatic heterocycles. The SMILES string of the molecule is CCNC(=NCC1(C)CCCO1)NCCOCc1ccccc1OC. The van der Waals surface area contributed by atoms with Gasteiger partial charge in [-0.1, -0.05) is 18.2 Å². The van der Waals surface area contributed by atoms with Crippen molar-refractivity contribution < 1.29 is 14.2 Å². The summed E-state index contributed by atoms with van der Waals surface area (Å²) in [6, 6.07) is 7.90. The normalized spacial score (nSPS) is 20.5. The molecule has 0 spiro atoms. The number of aliphatic imine (C=N–C) groups is 1. The van der Waals surface area contributed by atoms with E-state index < -0.39 is 0 Å². The minimum atomic E-state index is -0.122. The maximum atomic E-state index is 5.78. The van der Waals surface area contributed by atoms with E-state index in [1.807, 2.05) is 24.3 Å². The van der Waals surface area contributed by atoms with Gasteiger partial charge in [0.1, 0.15) is 5.75 Å². The Balaban J connectivity index is 1.72. The molecule has 1 aliphatic rings. The van der Waals surface area contributed by atoms with Crippen LogP contribution in [0, 0.1) is 0 Å². The molecule has 0 saturated carbocycles. The minimum Gasteiger partial charge on any atom is -0.496 e. The predicted octanol–water partition coefficient (Wildman–Crippen LogP) is 2.34. The molecule has 25 heavy (non-hydrogen) atoms. The summed E-state index contributed by atoms with van der Waals surface area (Å²) in [4.78, 5) is 4.64. The third-order valence-electron chi connectivity index (χ3n) is 4.21. The van der Waals surface area contributed by atoms with E-state index in [1.165, 1.54) is 0 Å². The fraction of sp³-hybridized carbons (Fsp3) is 0.632. The van der Waals surface area contributed by atoms with Gasteiger partial charge in [0.25, 0.3) is 0 Å². The summed E-state index contributed by atoms with van der Waals surface area (Å²) >= 11 is 0. The van der Waals surface area contributed by atoms with Gasteiger partial charge >= 0.3 is 0 Å². The number of benzene rings is 1. The lowest BCUT2D eigenvalue weighted by atomic mass is 10.0. The standard InChI is InChI=1S/C19H31N3O3/c1-4-20-18(22-15-19(2)10-7-12-25-19)21-11-13-24-14-16-8-5-6-9-17(16)23-3/h5-6,8-9H,4,7,10-15H2,1-3H3,(H2,20,21,22). The molecule has 6 heteroatoms. The van der Waals surface area contributed by atoms with Crippen molar-refractivity contribution in [2.45, 2.75) is 38.9 Å². The molecule has 1 aromatic rings. The van der Waals surface area contributed by atoms with Crippen LogP contribution in [0.2, 0.25) is 0 Å². The summed E-state index contributed by atoms with van der Waals surface area (Å²) in [5.74, 6) is 1.66. The summed E-state index contributed by atoms with van der Waals surface area (Å²) in [5, 5.41) is 6.56. The molecule has 0 bridgehead atoms. The van der Waals surface area contributed by atoms with Gasteiger partial charge in [0.2, 0.25) is 0 Å². The van der Waals surface area contributed by atoms with Crippen molar-refractivity contribution in [2.75, 3.05) is 40.0 Å². The molecule has 1 aromatic carbocycles. The molecule has 1 aliphatic heterocycles. The Labute approximate surface area is 151 Å². The first-order chi connectivity index (χ1) is 12.2. The van der Waals surface area contributed by atoms with Crippen LogP contribution >= 0.6 is 0 Å². The van der Waals surface area contributed by atoms with Crippen LogP contribution in [0.5, 0.6) is 5.75 Å². The minimum absolute atomic E-state index is 0.122. The largest absolute Gasteiger partial charge is 0.496 e. The number of nitrogens with one attached hydrogen (secondary N) is 2. The fourth-order valence-corrected chi connectivity index (χ4v) is 2.80. The van der Waals surface area contributed by atoms with Crippen LogP contribution < -0.4 is 15.4 Å². The van der Waals surface area contributed by atoms with E-state index in [0.717, 1.165) is 43.3 Å². The van der Waals surface area contributed by atoms with E-state index in [9.17, 15) is 0 Å². The Bertz CT molecular complexity index is 542. The van der Waals surface area contributed by atoms with Crippen LogP contribution in [-0.4, -0.2) is 51.5 Å². The van der Waals surface area contributed by atoms with E-state index in [0.29, 0.717) is 26.3 Å². The molecule has 140 valence electrons. The summed E-state index contributed by atoms with van der Waals surface area (Å²) in [5.41, 5.74) is 0.930. The van der Waals surface area contributed by atoms with Gasteiger partial charge in [0.05, 0.1) is 32.5 Å². The van der Waals surface area contributed by atoms with Crippen LogP contribution in [0.15, 0.2) is 29.3 Å². The summed E-state index contributed by atoms with van der Waals surface area (Å²) in [6.45, 7) is 8.34. The van der Waals surface area contributed by atoms with E-state index in [1.54, 1.807) is 7.11 Å². The van der Waals surface area contributed by atoms with E-state index in [2.05, 4.69) is 29.5 Å². The zero-order chi connectivity index (χ0) is 18.0. The highest BCUT2D eigenvalue weighted by molar-refractivity contribution is 5.79. The third kappa shape index (κ3) is 6.55. The Hall–Kier alpha value is -1.79. The van der Waals surface area contributed by atoms with Gasteiger partial charge in [-0.15, -0.1) is 0 Å². The number of hydrogen-bond acceptors (Lipinski definition) is 4. The third-order valence-corrected chi connectivity index (χ3v) is 4.21. The van der Waals surface area contributed by atoms with Gasteiger partial charge < -0.3 is 24.8 Å². The van der Waals surface area contributed by atoms with Gasteiger partial charge in [-0.3, -0.25) is 4.99 Å². The summed E-state index contributed by atoms with van der Waals surface area (Å²) < 4.78 is 16.8. The number of ether oxygens (including phenoxy) is 3. The number of nitrogens with zero attached hydrogens (tertiary/aromatic N) is 1. The van der Waals surface area contributed by atoms with Gasteiger partial charge in [-0.05, 0) is 32.8 Å². The summed E-state index contributed by atoms with van der Waals surface area (Å²) in [7, 11) is 1.67. The lowest BCUT2D eigenvalue weighted by molar-refractivity contribution is 0.0283. The smallest absolute Gasteiger partial charge is 0.191 e. The lowest BCUT2D eigenvalue weighted by Gasteiger charge is -2.21. The predicted molar refractivity (Wildman–Crippen MR) is 100 cm³/mol. The topological polar surface area (TPSA) is 64.1 Å². The number of hydrogen-bond donors (Lipinski definition) is 2. The maximum absolute atomic E-state index is 5.78. The zero-order valence-corrected chi connectivity index (χ0v) is 15.6. The van der Waals surface area contributed by atoms with Crippen molar-refractivity contribution in [3.63, 3.8) is 0 Å². The Morgan fingerprint density at radius 1 is 1.32 bits per heavy atom. The van der Waals surface area contributed by atoms with Crippen LogP contribution in [0.25, 0.3) is 0 Å². The van der Waals surface area contributed by atoms with Gasteiger partial charge in [0.15, 0.2) is 5.96 Å². The molecule has 6 nitrogen and oxygen atoms in total. The number of para-hydroxylation sites is 1. The first-order valence-corrected chi connectivity index (χ1v) is 9.02. The van der Waals surface area contributed by atoms with E-state index >= 15 is 0 Å². The molecule has 1 heterocycles. The van der Waals surface area contributed by atoms with E-state index in [-0.39, 0.29) is 5.60 Å². The highest BCUT2D eigenvalue weighted by Crippen LogP contribution is 2.25. The van der Waals surface area contributed by atoms with Crippen LogP contribution in [0.3, 0.4) is 0 Å². The van der Waals surface area contributed by atoms with Crippen molar-refractivity contribution >= 4 is 5.96 Å². The highest BCUT2D eigenvalue weighted by Gasteiger charge is 2.29. The van der Waals surface area contributed by atoms with Crippen molar-refractivity contribution in [3.8, 4) is 5.75 Å². The number of guanidine groups is 1. The number of rotatable bonds is 9. The van der Waals surface area contributed by atoms with Crippen molar-refractivity contribution in [1.82, 2.24) is 10.6 Å². The van der Waals surface area contributed by atoms with Crippen LogP contribution in [0.1, 0.15) is 32.3 Å². The Morgan fingerprint density at radius 2 is 2.16 bits per heavy atom. The fourth-order valence-electron chi connectivity index (χ4n) is 2.80. The molecule has 0 amide bonds. The van der Waals surface area contributed by atoms with Crippen LogP contribution in [-0.2, 0) is 16.1 Å². The Kier molecular flexibility index (Phi) is 8.01. The molecule has 0 aliphatic carbocycles. The second-order valence-corrected chi connectivity index (χ2v) is 6.39. The molecule has 2 N–H and O–H groups in total. The average Bonchev–Trinajstić information content (AvgIpc) is 3.06. The quantitative estimate of drug-likeness (QED) is 0.407. The number of methoxy groups -OCH3 is 1. The maximum Gasteiger partial charge on any atom is 0.191 e. The first kappa shape index (κ1) is 19.5. The second-order valence-electron chi connectivity index (χ2n) is 6.39. The summed E-state index contributed by atoms with van der Waals surface area (Å²) in [6.07, 6.45) is 2.19. The molecule has 0 radical (unpaired) electrons. The molecule has 1 unspecified atom stereocenters. The lowest BCUT2D eigenvalue weighted by Crippen LogP contribution is -2.40.